The Bertz CT molecular complexity index is 256. The summed E-state index contributed by atoms with van der Waals surface area (Å²) in [4.78, 5) is 3.60. The Kier molecular flexibility index (Phi) is 5.76. The van der Waals surface area contributed by atoms with Gasteiger partial charge in [0.25, 0.3) is 0 Å². The van der Waals surface area contributed by atoms with E-state index in [1.165, 1.54) is 18.3 Å². The number of hydrogen-bond acceptors (Lipinski definition) is 1. The highest BCUT2D eigenvalue weighted by Gasteiger charge is 2.28. The highest BCUT2D eigenvalue weighted by Crippen LogP contribution is 2.20. The lowest BCUT2D eigenvalue weighted by atomic mass is 10.3. The largest absolute Gasteiger partial charge is 0.394 e. The third-order valence-electron chi connectivity index (χ3n) is 1.17. The summed E-state index contributed by atoms with van der Waals surface area (Å²) in [5.41, 5.74) is 0.0331. The molecule has 0 spiro atoms. The smallest absolute Gasteiger partial charge is 0.260 e. The van der Waals surface area contributed by atoms with Gasteiger partial charge in [0.2, 0.25) is 0 Å². The Balaban J connectivity index is 0.000000791. The Labute approximate surface area is 89.5 Å². The van der Waals surface area contributed by atoms with Crippen molar-refractivity contribution in [3.63, 3.8) is 0 Å². The number of halogens is 4. The van der Waals surface area contributed by atoms with Crippen molar-refractivity contribution >= 4 is 15.9 Å². The zero-order valence-corrected chi connectivity index (χ0v) is 9.48. The van der Waals surface area contributed by atoms with Gasteiger partial charge in [-0.15, -0.1) is 0 Å². The van der Waals surface area contributed by atoms with E-state index in [4.69, 9.17) is 0 Å². The van der Waals surface area contributed by atoms with Crippen molar-refractivity contribution in [1.82, 2.24) is 4.98 Å². The van der Waals surface area contributed by atoms with E-state index in [2.05, 4.69) is 20.9 Å². The molecule has 0 saturated heterocycles. The number of nitrogens with zero attached hydrogens (tertiary/aromatic N) is 1. The summed E-state index contributed by atoms with van der Waals surface area (Å²) >= 11 is 3.08. The van der Waals surface area contributed by atoms with Crippen molar-refractivity contribution in [2.75, 3.05) is 0 Å². The first-order valence-electron chi connectivity index (χ1n) is 4.14. The molecule has 1 aromatic heterocycles. The van der Waals surface area contributed by atoms with Gasteiger partial charge in [-0.1, -0.05) is 13.8 Å². The second kappa shape index (κ2) is 6.01. The molecular formula is C9H11BrF3N. The molecule has 0 amide bonds. The van der Waals surface area contributed by atoms with Gasteiger partial charge in [0.05, 0.1) is 6.42 Å². The molecule has 0 bridgehead atoms. The zero-order valence-electron chi connectivity index (χ0n) is 7.90. The summed E-state index contributed by atoms with van der Waals surface area (Å²) in [5.74, 6) is 0. The van der Waals surface area contributed by atoms with Crippen molar-refractivity contribution in [2.45, 2.75) is 26.4 Å². The minimum absolute atomic E-state index is 0.0331. The van der Waals surface area contributed by atoms with Crippen LogP contribution >= 0.6 is 15.9 Å². The molecule has 1 aromatic rings. The molecule has 0 N–H and O–H groups in total. The quantitative estimate of drug-likeness (QED) is 0.752. The molecule has 0 aromatic carbocycles. The minimum Gasteiger partial charge on any atom is -0.260 e. The van der Waals surface area contributed by atoms with E-state index < -0.39 is 12.6 Å². The fourth-order valence-electron chi connectivity index (χ4n) is 0.716. The summed E-state index contributed by atoms with van der Waals surface area (Å²) in [6.45, 7) is 4.00. The average Bonchev–Trinajstić information content (AvgIpc) is 2.10. The van der Waals surface area contributed by atoms with Crippen LogP contribution in [0.3, 0.4) is 0 Å². The van der Waals surface area contributed by atoms with Crippen LogP contribution in [0.25, 0.3) is 0 Å². The van der Waals surface area contributed by atoms with E-state index in [1.807, 2.05) is 13.8 Å². The average molecular weight is 270 g/mol. The normalized spacial score (nSPS) is 10.4. The van der Waals surface area contributed by atoms with Gasteiger partial charge < -0.3 is 0 Å². The SMILES string of the molecule is CC.FC(F)(F)Cc1ccc(Br)cn1. The monoisotopic (exact) mass is 269 g/mol. The van der Waals surface area contributed by atoms with Crippen LogP contribution in [0.5, 0.6) is 0 Å². The second-order valence-electron chi connectivity index (χ2n) is 2.26. The first-order valence-corrected chi connectivity index (χ1v) is 4.94. The van der Waals surface area contributed by atoms with Gasteiger partial charge in [-0.2, -0.15) is 13.2 Å². The molecule has 14 heavy (non-hydrogen) atoms. The maximum absolute atomic E-state index is 11.8. The van der Waals surface area contributed by atoms with Gasteiger partial charge in [-0.05, 0) is 28.1 Å². The number of pyridine rings is 1. The lowest BCUT2D eigenvalue weighted by Crippen LogP contribution is -2.12. The van der Waals surface area contributed by atoms with E-state index in [9.17, 15) is 13.2 Å². The lowest BCUT2D eigenvalue weighted by molar-refractivity contribution is -0.127. The first kappa shape index (κ1) is 13.4. The standard InChI is InChI=1S/C7H5BrF3N.C2H6/c8-5-1-2-6(12-4-5)3-7(9,10)11;1-2/h1-2,4H,3H2;1-2H3. The van der Waals surface area contributed by atoms with Gasteiger partial charge >= 0.3 is 6.18 Å². The second-order valence-corrected chi connectivity index (χ2v) is 3.18. The zero-order chi connectivity index (χ0) is 11.2. The molecule has 0 aliphatic rings. The highest BCUT2D eigenvalue weighted by atomic mass is 79.9. The van der Waals surface area contributed by atoms with Gasteiger partial charge in [-0.25, -0.2) is 0 Å². The van der Waals surface area contributed by atoms with E-state index >= 15 is 0 Å². The fraction of sp³-hybridized carbons (Fsp3) is 0.444. The Morgan fingerprint density at radius 1 is 1.29 bits per heavy atom. The van der Waals surface area contributed by atoms with E-state index in [-0.39, 0.29) is 5.69 Å². The maximum Gasteiger partial charge on any atom is 0.394 e. The third-order valence-corrected chi connectivity index (χ3v) is 1.64. The molecule has 0 radical (unpaired) electrons. The Morgan fingerprint density at radius 3 is 2.21 bits per heavy atom. The van der Waals surface area contributed by atoms with Crippen LogP contribution in [0.2, 0.25) is 0 Å². The molecule has 0 atom stereocenters. The van der Waals surface area contributed by atoms with Crippen LogP contribution in [-0.2, 0) is 6.42 Å². The van der Waals surface area contributed by atoms with Gasteiger partial charge in [0.15, 0.2) is 0 Å². The number of aromatic nitrogens is 1. The van der Waals surface area contributed by atoms with E-state index in [0.717, 1.165) is 0 Å². The van der Waals surface area contributed by atoms with Crippen molar-refractivity contribution in [3.8, 4) is 0 Å². The molecule has 0 aliphatic heterocycles. The fourth-order valence-corrected chi connectivity index (χ4v) is 0.951. The van der Waals surface area contributed by atoms with Gasteiger partial charge in [0, 0.05) is 16.4 Å². The Morgan fingerprint density at radius 2 is 1.86 bits per heavy atom. The number of hydrogen-bond donors (Lipinski definition) is 0. The van der Waals surface area contributed by atoms with Crippen LogP contribution in [0.1, 0.15) is 19.5 Å². The molecule has 1 heterocycles. The van der Waals surface area contributed by atoms with Gasteiger partial charge in [-0.3, -0.25) is 4.98 Å². The molecule has 1 rings (SSSR count). The van der Waals surface area contributed by atoms with Crippen LogP contribution in [0, 0.1) is 0 Å². The molecule has 5 heteroatoms. The predicted molar refractivity (Wildman–Crippen MR) is 53.0 cm³/mol. The van der Waals surface area contributed by atoms with Crippen LogP contribution in [-0.4, -0.2) is 11.2 Å². The first-order chi connectivity index (χ1) is 6.47. The van der Waals surface area contributed by atoms with Crippen molar-refractivity contribution < 1.29 is 13.2 Å². The van der Waals surface area contributed by atoms with Crippen molar-refractivity contribution in [2.24, 2.45) is 0 Å². The van der Waals surface area contributed by atoms with E-state index in [1.54, 1.807) is 0 Å². The molecule has 0 aliphatic carbocycles. The van der Waals surface area contributed by atoms with E-state index in [0.29, 0.717) is 4.47 Å². The minimum atomic E-state index is -4.18. The number of rotatable bonds is 1. The predicted octanol–water partition coefficient (Wildman–Crippen LogP) is 3.98. The lowest BCUT2D eigenvalue weighted by Gasteiger charge is -2.04. The molecule has 0 saturated carbocycles. The topological polar surface area (TPSA) is 12.9 Å². The van der Waals surface area contributed by atoms with Crippen molar-refractivity contribution in [3.05, 3.63) is 28.5 Å². The molecule has 1 nitrogen and oxygen atoms in total. The molecule has 80 valence electrons. The maximum atomic E-state index is 11.8. The Hall–Kier alpha value is -0.580. The molecular weight excluding hydrogens is 259 g/mol. The third kappa shape index (κ3) is 5.96. The molecule has 0 unspecified atom stereocenters. The van der Waals surface area contributed by atoms with Crippen LogP contribution in [0.4, 0.5) is 13.2 Å². The van der Waals surface area contributed by atoms with Crippen LogP contribution in [0.15, 0.2) is 22.8 Å². The van der Waals surface area contributed by atoms with Crippen LogP contribution < -0.4 is 0 Å². The highest BCUT2D eigenvalue weighted by molar-refractivity contribution is 9.10. The van der Waals surface area contributed by atoms with Gasteiger partial charge in [0.1, 0.15) is 0 Å². The number of alkyl halides is 3. The van der Waals surface area contributed by atoms with Crippen molar-refractivity contribution in [1.29, 1.82) is 0 Å². The summed E-state index contributed by atoms with van der Waals surface area (Å²) in [7, 11) is 0. The summed E-state index contributed by atoms with van der Waals surface area (Å²) in [5, 5.41) is 0. The summed E-state index contributed by atoms with van der Waals surface area (Å²) in [6, 6.07) is 2.88. The summed E-state index contributed by atoms with van der Waals surface area (Å²) < 4.78 is 36.0. The molecule has 0 fully saturated rings. The summed E-state index contributed by atoms with van der Waals surface area (Å²) in [6.07, 6.45) is -3.80.